The second-order valence-corrected chi connectivity index (χ2v) is 13.2. The minimum Gasteiger partial charge on any atom is -0.442 e. The summed E-state index contributed by atoms with van der Waals surface area (Å²) in [5.74, 6) is 3.14. The number of benzene rings is 2. The predicted molar refractivity (Wildman–Crippen MR) is 179 cm³/mol. The van der Waals surface area contributed by atoms with Crippen molar-refractivity contribution < 1.29 is 4.42 Å². The third kappa shape index (κ3) is 8.24. The quantitative estimate of drug-likeness (QED) is 0.140. The van der Waals surface area contributed by atoms with E-state index in [0.29, 0.717) is 24.4 Å². The van der Waals surface area contributed by atoms with Crippen LogP contribution in [0, 0.1) is 11.8 Å². The zero-order valence-corrected chi connectivity index (χ0v) is 27.4. The third-order valence-corrected chi connectivity index (χ3v) is 10.2. The molecule has 43 heavy (non-hydrogen) atoms. The molecule has 0 saturated heterocycles. The van der Waals surface area contributed by atoms with Crippen LogP contribution in [-0.4, -0.2) is 48.5 Å². The Hall–Kier alpha value is -2.77. The molecule has 2 atom stereocenters. The fourth-order valence-electron chi connectivity index (χ4n) is 7.09. The minimum absolute atomic E-state index is 0.211. The van der Waals surface area contributed by atoms with Crippen molar-refractivity contribution in [1.82, 2.24) is 20.1 Å². The van der Waals surface area contributed by atoms with E-state index in [2.05, 4.69) is 121 Å². The van der Waals surface area contributed by atoms with Gasteiger partial charge in [-0.3, -0.25) is 4.90 Å². The summed E-state index contributed by atoms with van der Waals surface area (Å²) >= 11 is 1.90. The van der Waals surface area contributed by atoms with E-state index >= 15 is 0 Å². The standard InChI is InChI=1S/C37H50N4OS/c1-5-41(6-2)36(31-21-19-30(20-22-31)35(40(3)4)34-18-13-25-43-34)37-39-32(26-29-16-11-8-12-17-29)33(42-37)27-38-24-23-28-14-9-7-10-15-28/h7-18,25,30-31,35-36,38H,5-6,19-24,26-27H2,1-4H3. The van der Waals surface area contributed by atoms with Crippen molar-refractivity contribution in [3.63, 3.8) is 0 Å². The Bertz CT molecular complexity index is 1330. The molecular weight excluding hydrogens is 549 g/mol. The summed E-state index contributed by atoms with van der Waals surface area (Å²) in [6, 6.07) is 26.6. The fraction of sp³-hybridized carbons (Fsp3) is 0.486. The number of hydrogen-bond acceptors (Lipinski definition) is 6. The maximum atomic E-state index is 6.79. The van der Waals surface area contributed by atoms with Crippen LogP contribution >= 0.6 is 11.3 Å². The van der Waals surface area contributed by atoms with Gasteiger partial charge in [-0.15, -0.1) is 11.3 Å². The van der Waals surface area contributed by atoms with Gasteiger partial charge in [-0.25, -0.2) is 4.98 Å². The topological polar surface area (TPSA) is 44.5 Å². The van der Waals surface area contributed by atoms with Gasteiger partial charge in [-0.1, -0.05) is 80.6 Å². The highest BCUT2D eigenvalue weighted by atomic mass is 32.1. The molecule has 1 fully saturated rings. The van der Waals surface area contributed by atoms with Crippen molar-refractivity contribution >= 4 is 11.3 Å². The Morgan fingerprint density at radius 3 is 2.05 bits per heavy atom. The number of rotatable bonds is 15. The lowest BCUT2D eigenvalue weighted by Crippen LogP contribution is -2.37. The first-order chi connectivity index (χ1) is 21.1. The molecule has 0 radical (unpaired) electrons. The lowest BCUT2D eigenvalue weighted by atomic mass is 9.74. The summed E-state index contributed by atoms with van der Waals surface area (Å²) in [5, 5.41) is 5.88. The van der Waals surface area contributed by atoms with Crippen LogP contribution in [0.15, 0.2) is 82.6 Å². The number of oxazole rings is 1. The highest BCUT2D eigenvalue weighted by Crippen LogP contribution is 2.45. The molecule has 0 aliphatic heterocycles. The molecule has 2 unspecified atom stereocenters. The van der Waals surface area contributed by atoms with E-state index < -0.39 is 0 Å². The van der Waals surface area contributed by atoms with E-state index in [0.717, 1.165) is 49.8 Å². The van der Waals surface area contributed by atoms with E-state index in [-0.39, 0.29) is 6.04 Å². The van der Waals surface area contributed by atoms with Crippen molar-refractivity contribution in [2.24, 2.45) is 11.8 Å². The van der Waals surface area contributed by atoms with Crippen LogP contribution in [0.5, 0.6) is 0 Å². The number of hydrogen-bond donors (Lipinski definition) is 1. The molecule has 2 heterocycles. The average Bonchev–Trinajstić information content (AvgIpc) is 3.70. The summed E-state index contributed by atoms with van der Waals surface area (Å²) < 4.78 is 6.79. The highest BCUT2D eigenvalue weighted by Gasteiger charge is 2.38. The van der Waals surface area contributed by atoms with E-state index in [1.165, 1.54) is 41.7 Å². The SMILES string of the molecule is CCN(CC)C(c1nc(Cc2ccccc2)c(CNCCc2ccccc2)o1)C1CCC(C(c2cccs2)N(C)C)CC1. The number of thiophene rings is 1. The Morgan fingerprint density at radius 2 is 1.47 bits per heavy atom. The fourth-order valence-corrected chi connectivity index (χ4v) is 8.11. The lowest BCUT2D eigenvalue weighted by Gasteiger charge is -2.41. The summed E-state index contributed by atoms with van der Waals surface area (Å²) in [4.78, 5) is 11.8. The molecule has 1 N–H and O–H groups in total. The van der Waals surface area contributed by atoms with Gasteiger partial charge >= 0.3 is 0 Å². The van der Waals surface area contributed by atoms with Gasteiger partial charge in [0.2, 0.25) is 5.89 Å². The molecule has 1 aliphatic carbocycles. The molecule has 4 aromatic rings. The first kappa shape index (κ1) is 31.6. The molecule has 230 valence electrons. The van der Waals surface area contributed by atoms with Gasteiger partial charge in [0.05, 0.1) is 18.3 Å². The van der Waals surface area contributed by atoms with Crippen molar-refractivity contribution in [2.45, 2.75) is 71.0 Å². The summed E-state index contributed by atoms with van der Waals surface area (Å²) in [7, 11) is 4.48. The van der Waals surface area contributed by atoms with Crippen LogP contribution in [0.1, 0.15) is 85.0 Å². The molecule has 1 aliphatic rings. The van der Waals surface area contributed by atoms with Crippen molar-refractivity contribution in [2.75, 3.05) is 33.7 Å². The molecule has 6 heteroatoms. The van der Waals surface area contributed by atoms with Gasteiger partial charge in [-0.05, 0) is 100 Å². The van der Waals surface area contributed by atoms with Crippen LogP contribution in [0.2, 0.25) is 0 Å². The molecular formula is C37H50N4OS. The first-order valence-corrected chi connectivity index (χ1v) is 17.2. The highest BCUT2D eigenvalue weighted by molar-refractivity contribution is 7.10. The molecule has 2 aromatic carbocycles. The Kier molecular flexibility index (Phi) is 11.6. The minimum atomic E-state index is 0.211. The second kappa shape index (κ2) is 15.8. The Balaban J connectivity index is 1.34. The van der Waals surface area contributed by atoms with Gasteiger partial charge < -0.3 is 14.6 Å². The van der Waals surface area contributed by atoms with Gasteiger partial charge in [0.15, 0.2) is 0 Å². The lowest BCUT2D eigenvalue weighted by molar-refractivity contribution is 0.0735. The normalized spacial score (nSPS) is 18.7. The zero-order valence-electron chi connectivity index (χ0n) is 26.5. The number of nitrogens with one attached hydrogen (secondary N) is 1. The second-order valence-electron chi connectivity index (χ2n) is 12.3. The molecule has 0 bridgehead atoms. The molecule has 2 aromatic heterocycles. The van der Waals surface area contributed by atoms with Crippen LogP contribution < -0.4 is 5.32 Å². The maximum absolute atomic E-state index is 6.79. The monoisotopic (exact) mass is 598 g/mol. The molecule has 0 amide bonds. The van der Waals surface area contributed by atoms with Crippen LogP contribution in [0.3, 0.4) is 0 Å². The smallest absolute Gasteiger partial charge is 0.212 e. The van der Waals surface area contributed by atoms with E-state index in [9.17, 15) is 0 Å². The third-order valence-electron chi connectivity index (χ3n) is 9.29. The largest absolute Gasteiger partial charge is 0.442 e. The van der Waals surface area contributed by atoms with E-state index in [1.807, 2.05) is 11.3 Å². The zero-order chi connectivity index (χ0) is 30.0. The summed E-state index contributed by atoms with van der Waals surface area (Å²) in [6.07, 6.45) is 6.71. The van der Waals surface area contributed by atoms with Crippen molar-refractivity contribution in [1.29, 1.82) is 0 Å². The van der Waals surface area contributed by atoms with Gasteiger partial charge in [0.1, 0.15) is 5.76 Å². The van der Waals surface area contributed by atoms with Crippen molar-refractivity contribution in [3.05, 3.63) is 112 Å². The summed E-state index contributed by atoms with van der Waals surface area (Å²) in [5.41, 5.74) is 3.70. The van der Waals surface area contributed by atoms with Crippen molar-refractivity contribution in [3.8, 4) is 0 Å². The number of nitrogens with zero attached hydrogens (tertiary/aromatic N) is 3. The summed E-state index contributed by atoms with van der Waals surface area (Å²) in [6.45, 7) is 8.16. The van der Waals surface area contributed by atoms with Crippen LogP contribution in [0.4, 0.5) is 0 Å². The Labute approximate surface area is 263 Å². The van der Waals surface area contributed by atoms with Crippen LogP contribution in [-0.2, 0) is 19.4 Å². The molecule has 0 spiro atoms. The van der Waals surface area contributed by atoms with Gasteiger partial charge in [0, 0.05) is 17.3 Å². The van der Waals surface area contributed by atoms with E-state index in [1.54, 1.807) is 0 Å². The van der Waals surface area contributed by atoms with Gasteiger partial charge in [-0.2, -0.15) is 0 Å². The Morgan fingerprint density at radius 1 is 0.837 bits per heavy atom. The average molecular weight is 599 g/mol. The number of aromatic nitrogens is 1. The predicted octanol–water partition coefficient (Wildman–Crippen LogP) is 8.15. The maximum Gasteiger partial charge on any atom is 0.212 e. The molecule has 5 nitrogen and oxygen atoms in total. The molecule has 1 saturated carbocycles. The van der Waals surface area contributed by atoms with Crippen LogP contribution in [0.25, 0.3) is 0 Å². The molecule has 5 rings (SSSR count). The van der Waals surface area contributed by atoms with Gasteiger partial charge in [0.25, 0.3) is 0 Å². The first-order valence-electron chi connectivity index (χ1n) is 16.3. The van der Waals surface area contributed by atoms with E-state index in [4.69, 9.17) is 9.40 Å².